The summed E-state index contributed by atoms with van der Waals surface area (Å²) in [5, 5.41) is 6.33. The molecule has 2 aromatic carbocycles. The molecule has 1 aliphatic heterocycles. The van der Waals surface area contributed by atoms with Crippen LogP contribution in [0, 0.1) is 0 Å². The van der Waals surface area contributed by atoms with Gasteiger partial charge >= 0.3 is 0 Å². The fourth-order valence-electron chi connectivity index (χ4n) is 3.75. The molecule has 2 heterocycles. The number of hydrogen-bond donors (Lipinski definition) is 4. The fourth-order valence-corrected chi connectivity index (χ4v) is 3.75. The molecule has 5 N–H and O–H groups in total. The first-order valence-corrected chi connectivity index (χ1v) is 12.1. The maximum atomic E-state index is 12.9. The molecule has 0 aliphatic carbocycles. The van der Waals surface area contributed by atoms with Gasteiger partial charge in [-0.15, -0.1) is 0 Å². The van der Waals surface area contributed by atoms with E-state index in [1.165, 1.54) is 0 Å². The zero-order valence-corrected chi connectivity index (χ0v) is 21.0. The summed E-state index contributed by atoms with van der Waals surface area (Å²) >= 11 is 0. The van der Waals surface area contributed by atoms with E-state index in [0.717, 1.165) is 17.8 Å². The highest BCUT2D eigenvalue weighted by Crippen LogP contribution is 2.24. The topological polar surface area (TPSA) is 123 Å². The average Bonchev–Trinajstić information content (AvgIpc) is 2.88. The molecule has 1 amide bonds. The lowest BCUT2D eigenvalue weighted by atomic mass is 10.0. The van der Waals surface area contributed by atoms with E-state index in [1.807, 2.05) is 63.2 Å². The van der Waals surface area contributed by atoms with E-state index >= 15 is 0 Å². The minimum atomic E-state index is -0.375. The van der Waals surface area contributed by atoms with Crippen LogP contribution in [0.1, 0.15) is 37.0 Å². The van der Waals surface area contributed by atoms with Crippen molar-refractivity contribution in [3.8, 4) is 11.3 Å². The van der Waals surface area contributed by atoms with Gasteiger partial charge in [-0.3, -0.25) is 15.1 Å². The zero-order chi connectivity index (χ0) is 25.5. The first-order chi connectivity index (χ1) is 17.3. The van der Waals surface area contributed by atoms with Gasteiger partial charge < -0.3 is 21.1 Å². The second-order valence-electron chi connectivity index (χ2n) is 9.76. The molecule has 36 heavy (non-hydrogen) atoms. The Hall–Kier alpha value is -3.37. The van der Waals surface area contributed by atoms with Crippen LogP contribution in [0.25, 0.3) is 11.3 Å². The van der Waals surface area contributed by atoms with Gasteiger partial charge in [0.05, 0.1) is 35.9 Å². The molecule has 0 spiro atoms. The molecule has 1 fully saturated rings. The van der Waals surface area contributed by atoms with Crippen LogP contribution in [0.3, 0.4) is 0 Å². The SMILES string of the molecule is CC(C)(C)ONc1ccccc1NC(=O)c1ccc(-c2ccnc(CC(N)C3COCCN3)n2)cc1. The number of anilines is 2. The number of carbonyl (C=O) groups is 1. The van der Waals surface area contributed by atoms with E-state index < -0.39 is 0 Å². The minimum Gasteiger partial charge on any atom is -0.378 e. The van der Waals surface area contributed by atoms with E-state index in [2.05, 4.69) is 26.1 Å². The molecule has 0 radical (unpaired) electrons. The van der Waals surface area contributed by atoms with Gasteiger partial charge in [-0.1, -0.05) is 24.3 Å². The molecule has 1 aromatic heterocycles. The van der Waals surface area contributed by atoms with Gasteiger partial charge in [-0.05, 0) is 51.1 Å². The summed E-state index contributed by atoms with van der Waals surface area (Å²) in [6, 6.07) is 16.5. The van der Waals surface area contributed by atoms with Crippen molar-refractivity contribution in [1.82, 2.24) is 15.3 Å². The molecule has 1 aliphatic rings. The van der Waals surface area contributed by atoms with Gasteiger partial charge in [-0.25, -0.2) is 9.97 Å². The van der Waals surface area contributed by atoms with Crippen LogP contribution in [0.2, 0.25) is 0 Å². The maximum Gasteiger partial charge on any atom is 0.255 e. The minimum absolute atomic E-state index is 0.0872. The Morgan fingerprint density at radius 1 is 1.17 bits per heavy atom. The second kappa shape index (κ2) is 11.6. The molecular weight excluding hydrogens is 456 g/mol. The third-order valence-corrected chi connectivity index (χ3v) is 5.68. The van der Waals surface area contributed by atoms with Gasteiger partial charge in [0.15, 0.2) is 0 Å². The summed E-state index contributed by atoms with van der Waals surface area (Å²) in [6.45, 7) is 7.93. The lowest BCUT2D eigenvalue weighted by molar-refractivity contribution is 0.0376. The summed E-state index contributed by atoms with van der Waals surface area (Å²) in [7, 11) is 0. The van der Waals surface area contributed by atoms with Crippen LogP contribution in [0.4, 0.5) is 11.4 Å². The number of para-hydroxylation sites is 2. The fraction of sp³-hybridized carbons (Fsp3) is 0.370. The lowest BCUT2D eigenvalue weighted by Crippen LogP contribution is -2.53. The first kappa shape index (κ1) is 25.7. The summed E-state index contributed by atoms with van der Waals surface area (Å²) in [6.07, 6.45) is 2.28. The highest BCUT2D eigenvalue weighted by Gasteiger charge is 2.22. The Balaban J connectivity index is 1.41. The Kier molecular flexibility index (Phi) is 8.27. The van der Waals surface area contributed by atoms with Gasteiger partial charge in [0.2, 0.25) is 0 Å². The van der Waals surface area contributed by atoms with Gasteiger partial charge in [0, 0.05) is 42.4 Å². The smallest absolute Gasteiger partial charge is 0.255 e. The van der Waals surface area contributed by atoms with E-state index in [1.54, 1.807) is 18.3 Å². The molecule has 2 atom stereocenters. The zero-order valence-electron chi connectivity index (χ0n) is 21.0. The van der Waals surface area contributed by atoms with Crippen molar-refractivity contribution in [3.63, 3.8) is 0 Å². The van der Waals surface area contributed by atoms with Crippen molar-refractivity contribution in [1.29, 1.82) is 0 Å². The van der Waals surface area contributed by atoms with Crippen LogP contribution < -0.4 is 21.8 Å². The second-order valence-corrected chi connectivity index (χ2v) is 9.76. The van der Waals surface area contributed by atoms with Crippen molar-refractivity contribution < 1.29 is 14.4 Å². The number of benzene rings is 2. The molecule has 0 saturated carbocycles. The number of rotatable bonds is 8. The van der Waals surface area contributed by atoms with Crippen LogP contribution >= 0.6 is 0 Å². The molecule has 190 valence electrons. The third kappa shape index (κ3) is 7.08. The van der Waals surface area contributed by atoms with Crippen LogP contribution in [-0.2, 0) is 16.0 Å². The highest BCUT2D eigenvalue weighted by molar-refractivity contribution is 6.06. The Labute approximate surface area is 211 Å². The van der Waals surface area contributed by atoms with Crippen molar-refractivity contribution in [2.24, 2.45) is 5.73 Å². The number of ether oxygens (including phenoxy) is 1. The highest BCUT2D eigenvalue weighted by atomic mass is 16.7. The van der Waals surface area contributed by atoms with Crippen LogP contribution in [-0.4, -0.2) is 53.3 Å². The molecule has 9 nitrogen and oxygen atoms in total. The largest absolute Gasteiger partial charge is 0.378 e. The van der Waals surface area contributed by atoms with Gasteiger partial charge in [-0.2, -0.15) is 0 Å². The van der Waals surface area contributed by atoms with Crippen molar-refractivity contribution in [2.45, 2.75) is 44.9 Å². The molecule has 3 aromatic rings. The van der Waals surface area contributed by atoms with E-state index in [-0.39, 0.29) is 23.6 Å². The van der Waals surface area contributed by atoms with Crippen LogP contribution in [0.5, 0.6) is 0 Å². The first-order valence-electron chi connectivity index (χ1n) is 12.1. The Bertz CT molecular complexity index is 1160. The van der Waals surface area contributed by atoms with E-state index in [9.17, 15) is 4.79 Å². The number of nitrogens with two attached hydrogens (primary N) is 1. The molecule has 4 rings (SSSR count). The summed E-state index contributed by atoms with van der Waals surface area (Å²) in [5.41, 5.74) is 12.4. The molecular formula is C27H34N6O3. The number of aromatic nitrogens is 2. The quantitative estimate of drug-likeness (QED) is 0.354. The summed E-state index contributed by atoms with van der Waals surface area (Å²) in [4.78, 5) is 27.6. The number of nitrogens with one attached hydrogen (secondary N) is 3. The number of morpholine rings is 1. The monoisotopic (exact) mass is 490 g/mol. The van der Waals surface area contributed by atoms with Gasteiger partial charge in [0.1, 0.15) is 5.82 Å². The van der Waals surface area contributed by atoms with Crippen molar-refractivity contribution in [2.75, 3.05) is 30.6 Å². The predicted molar refractivity (Wildman–Crippen MR) is 141 cm³/mol. The molecule has 9 heteroatoms. The summed E-state index contributed by atoms with van der Waals surface area (Å²) < 4.78 is 5.51. The molecule has 2 unspecified atom stereocenters. The number of nitrogens with zero attached hydrogens (tertiary/aromatic N) is 2. The molecule has 0 bridgehead atoms. The normalized spacial score (nSPS) is 16.8. The molecule has 1 saturated heterocycles. The van der Waals surface area contributed by atoms with Crippen molar-refractivity contribution in [3.05, 3.63) is 72.2 Å². The standard InChI is InChI=1S/C27H34N6O3/c1-27(2,3)36-33-23-7-5-4-6-22(23)32-26(34)19-10-8-18(9-11-19)21-12-13-30-25(31-21)16-20(28)24-17-35-15-14-29-24/h4-13,20,24,29,33H,14-17,28H2,1-3H3,(H,32,34). The third-order valence-electron chi connectivity index (χ3n) is 5.68. The van der Waals surface area contributed by atoms with Gasteiger partial charge in [0.25, 0.3) is 5.91 Å². The Morgan fingerprint density at radius 3 is 2.61 bits per heavy atom. The van der Waals surface area contributed by atoms with Crippen molar-refractivity contribution >= 4 is 17.3 Å². The number of carbonyl (C=O) groups excluding carboxylic acids is 1. The maximum absolute atomic E-state index is 12.9. The number of amides is 1. The summed E-state index contributed by atoms with van der Waals surface area (Å²) in [5.74, 6) is 0.457. The number of hydrogen-bond acceptors (Lipinski definition) is 8. The average molecular weight is 491 g/mol. The Morgan fingerprint density at radius 2 is 1.92 bits per heavy atom. The lowest BCUT2D eigenvalue weighted by Gasteiger charge is -2.28. The predicted octanol–water partition coefficient (Wildman–Crippen LogP) is 3.40. The van der Waals surface area contributed by atoms with E-state index in [4.69, 9.17) is 15.3 Å². The van der Waals surface area contributed by atoms with E-state index in [0.29, 0.717) is 42.4 Å². The van der Waals surface area contributed by atoms with Crippen LogP contribution in [0.15, 0.2) is 60.8 Å².